The fourth-order valence-electron chi connectivity index (χ4n) is 1.32. The molecule has 2 rings (SSSR count). The highest BCUT2D eigenvalue weighted by atomic mass is 79.9. The van der Waals surface area contributed by atoms with Crippen molar-refractivity contribution in [2.24, 2.45) is 0 Å². The summed E-state index contributed by atoms with van der Waals surface area (Å²) in [6.45, 7) is 0.948. The third-order valence-electron chi connectivity index (χ3n) is 1.93. The number of hydrogen-bond acceptors (Lipinski definition) is 2. The molecule has 0 aromatic heterocycles. The summed E-state index contributed by atoms with van der Waals surface area (Å²) < 4.78 is 16.2. The normalized spacial score (nSPS) is 16.6. The largest absolute Gasteiger partial charge is 0.313 e. The fraction of sp³-hybridized carbons (Fsp3) is 0.333. The predicted octanol–water partition coefficient (Wildman–Crippen LogP) is 3.45. The van der Waals surface area contributed by atoms with E-state index in [0.29, 0.717) is 5.69 Å². The molecule has 1 aliphatic rings. The minimum absolute atomic E-state index is 0.149. The van der Waals surface area contributed by atoms with Crippen LogP contribution in [0.2, 0.25) is 0 Å². The van der Waals surface area contributed by atoms with E-state index in [1.165, 1.54) is 6.07 Å². The Hall–Kier alpha value is -0.220. The maximum Gasteiger partial charge on any atom is 0.148 e. The van der Waals surface area contributed by atoms with Gasteiger partial charge >= 0.3 is 0 Å². The second-order valence-corrected chi connectivity index (χ2v) is 4.91. The molecule has 1 aromatic rings. The highest BCUT2D eigenvalue weighted by Crippen LogP contribution is 2.31. The molecule has 1 heterocycles. The Labute approximate surface area is 89.6 Å². The lowest BCUT2D eigenvalue weighted by Crippen LogP contribution is -2.10. The molecule has 13 heavy (non-hydrogen) atoms. The van der Waals surface area contributed by atoms with Gasteiger partial charge in [0.1, 0.15) is 5.82 Å². The Morgan fingerprint density at radius 1 is 1.46 bits per heavy atom. The summed E-state index contributed by atoms with van der Waals surface area (Å²) in [4.78, 5) is 0. The average Bonchev–Trinajstić information content (AvgIpc) is 2.56. The van der Waals surface area contributed by atoms with Gasteiger partial charge < -0.3 is 4.31 Å². The first-order chi connectivity index (χ1) is 6.27. The quantitative estimate of drug-likeness (QED) is 0.713. The van der Waals surface area contributed by atoms with Gasteiger partial charge in [0.2, 0.25) is 0 Å². The molecular weight excluding hydrogens is 253 g/mol. The van der Waals surface area contributed by atoms with E-state index in [1.807, 2.05) is 16.4 Å². The van der Waals surface area contributed by atoms with E-state index in [2.05, 4.69) is 15.9 Å². The zero-order chi connectivity index (χ0) is 9.26. The minimum atomic E-state index is -0.149. The van der Waals surface area contributed by atoms with Crippen LogP contribution in [-0.4, -0.2) is 12.3 Å². The molecule has 0 unspecified atom stereocenters. The Morgan fingerprint density at radius 3 is 2.92 bits per heavy atom. The molecule has 1 saturated heterocycles. The molecule has 0 atom stereocenters. The van der Waals surface area contributed by atoms with Gasteiger partial charge in [-0.1, -0.05) is 15.9 Å². The van der Waals surface area contributed by atoms with Crippen molar-refractivity contribution in [1.82, 2.24) is 0 Å². The van der Waals surface area contributed by atoms with E-state index in [0.717, 1.165) is 23.2 Å². The van der Waals surface area contributed by atoms with Crippen LogP contribution in [0.1, 0.15) is 6.42 Å². The second kappa shape index (κ2) is 3.88. The Bertz CT molecular complexity index is 312. The Balaban J connectivity index is 2.29. The summed E-state index contributed by atoms with van der Waals surface area (Å²) in [6.07, 6.45) is 1.14. The molecule has 70 valence electrons. The Kier molecular flexibility index (Phi) is 2.79. The number of hydrogen-bond donors (Lipinski definition) is 0. The van der Waals surface area contributed by atoms with Crippen molar-refractivity contribution in [3.05, 3.63) is 28.5 Å². The second-order valence-electron chi connectivity index (χ2n) is 2.88. The van der Waals surface area contributed by atoms with Crippen molar-refractivity contribution in [3.8, 4) is 0 Å². The molecule has 0 radical (unpaired) electrons. The standard InChI is InChI=1S/C9H9BrFNS/c10-7-2-3-9(8(11)6-7)12-4-1-5-13-12/h2-3,6H,1,4-5H2. The van der Waals surface area contributed by atoms with Crippen LogP contribution in [0.15, 0.2) is 22.7 Å². The van der Waals surface area contributed by atoms with E-state index < -0.39 is 0 Å². The summed E-state index contributed by atoms with van der Waals surface area (Å²) in [7, 11) is 0. The highest BCUT2D eigenvalue weighted by molar-refractivity contribution is 9.10. The van der Waals surface area contributed by atoms with Crippen LogP contribution in [0.4, 0.5) is 10.1 Å². The van der Waals surface area contributed by atoms with Gasteiger partial charge in [-0.2, -0.15) is 0 Å². The summed E-state index contributed by atoms with van der Waals surface area (Å²) in [5.74, 6) is 0.943. The van der Waals surface area contributed by atoms with Gasteiger partial charge in [0.15, 0.2) is 0 Å². The molecule has 4 heteroatoms. The SMILES string of the molecule is Fc1cc(Br)ccc1N1CCCS1. The van der Waals surface area contributed by atoms with Crippen molar-refractivity contribution in [1.29, 1.82) is 0 Å². The van der Waals surface area contributed by atoms with Crippen molar-refractivity contribution < 1.29 is 4.39 Å². The molecule has 0 aliphatic carbocycles. The van der Waals surface area contributed by atoms with Gasteiger partial charge in [-0.3, -0.25) is 0 Å². The van der Waals surface area contributed by atoms with Gasteiger partial charge in [-0.25, -0.2) is 4.39 Å². The van der Waals surface area contributed by atoms with Crippen LogP contribution in [0, 0.1) is 5.82 Å². The monoisotopic (exact) mass is 261 g/mol. The lowest BCUT2D eigenvalue weighted by molar-refractivity contribution is 0.627. The predicted molar refractivity (Wildman–Crippen MR) is 58.5 cm³/mol. The summed E-state index contributed by atoms with van der Waals surface area (Å²) in [5.41, 5.74) is 0.700. The molecular formula is C9H9BrFNS. The number of anilines is 1. The van der Waals surface area contributed by atoms with Gasteiger partial charge in [0.05, 0.1) is 5.69 Å². The third kappa shape index (κ3) is 1.99. The van der Waals surface area contributed by atoms with E-state index in [4.69, 9.17) is 0 Å². The zero-order valence-electron chi connectivity index (χ0n) is 6.96. The number of halogens is 2. The van der Waals surface area contributed by atoms with Crippen LogP contribution in [-0.2, 0) is 0 Å². The highest BCUT2D eigenvalue weighted by Gasteiger charge is 2.16. The van der Waals surface area contributed by atoms with Crippen molar-refractivity contribution in [2.75, 3.05) is 16.6 Å². The average molecular weight is 262 g/mol. The first-order valence-corrected chi connectivity index (χ1v) is 5.86. The molecule has 1 aromatic carbocycles. The topological polar surface area (TPSA) is 3.24 Å². The molecule has 0 saturated carbocycles. The van der Waals surface area contributed by atoms with E-state index in [9.17, 15) is 4.39 Å². The Morgan fingerprint density at radius 2 is 2.31 bits per heavy atom. The number of rotatable bonds is 1. The van der Waals surface area contributed by atoms with Crippen LogP contribution in [0.5, 0.6) is 0 Å². The summed E-state index contributed by atoms with van der Waals surface area (Å²) in [5, 5.41) is 0. The maximum absolute atomic E-state index is 13.4. The molecule has 0 bridgehead atoms. The number of benzene rings is 1. The molecule has 0 amide bonds. The van der Waals surface area contributed by atoms with Crippen LogP contribution in [0.25, 0.3) is 0 Å². The number of nitrogens with zero attached hydrogens (tertiary/aromatic N) is 1. The molecule has 1 fully saturated rings. The third-order valence-corrected chi connectivity index (χ3v) is 3.59. The molecule has 1 aliphatic heterocycles. The first kappa shape index (κ1) is 9.34. The minimum Gasteiger partial charge on any atom is -0.313 e. The van der Waals surface area contributed by atoms with Crippen LogP contribution >= 0.6 is 27.9 Å². The summed E-state index contributed by atoms with van der Waals surface area (Å²) in [6, 6.07) is 5.20. The first-order valence-electron chi connectivity index (χ1n) is 4.13. The lowest BCUT2D eigenvalue weighted by atomic mass is 10.3. The lowest BCUT2D eigenvalue weighted by Gasteiger charge is -2.16. The van der Waals surface area contributed by atoms with Gasteiger partial charge in [-0.15, -0.1) is 0 Å². The van der Waals surface area contributed by atoms with E-state index >= 15 is 0 Å². The fourth-order valence-corrected chi connectivity index (χ4v) is 2.68. The van der Waals surface area contributed by atoms with Crippen LogP contribution < -0.4 is 4.31 Å². The van der Waals surface area contributed by atoms with Crippen molar-refractivity contribution >= 4 is 33.6 Å². The molecule has 1 nitrogen and oxygen atoms in total. The van der Waals surface area contributed by atoms with Crippen molar-refractivity contribution in [3.63, 3.8) is 0 Å². The van der Waals surface area contributed by atoms with Gasteiger partial charge in [-0.05, 0) is 36.6 Å². The maximum atomic E-state index is 13.4. The van der Waals surface area contributed by atoms with E-state index in [-0.39, 0.29) is 5.82 Å². The van der Waals surface area contributed by atoms with Gasteiger partial charge in [0.25, 0.3) is 0 Å². The smallest absolute Gasteiger partial charge is 0.148 e. The summed E-state index contributed by atoms with van der Waals surface area (Å²) >= 11 is 4.93. The van der Waals surface area contributed by atoms with Gasteiger partial charge in [0, 0.05) is 16.8 Å². The van der Waals surface area contributed by atoms with E-state index in [1.54, 1.807) is 11.9 Å². The molecule has 0 spiro atoms. The zero-order valence-corrected chi connectivity index (χ0v) is 9.37. The molecule has 0 N–H and O–H groups in total. The van der Waals surface area contributed by atoms with Crippen molar-refractivity contribution in [2.45, 2.75) is 6.42 Å². The van der Waals surface area contributed by atoms with Crippen LogP contribution in [0.3, 0.4) is 0 Å².